The van der Waals surface area contributed by atoms with Crippen LogP contribution in [0.15, 0.2) is 48.5 Å². The second-order valence-corrected chi connectivity index (χ2v) is 4.25. The molecule has 0 heterocycles. The van der Waals surface area contributed by atoms with E-state index in [1.807, 2.05) is 0 Å². The summed E-state index contributed by atoms with van der Waals surface area (Å²) in [6.45, 7) is 0.322. The number of halogens is 1. The topological polar surface area (TPSA) is 64.8 Å². The van der Waals surface area contributed by atoms with Crippen LogP contribution in [0, 0.1) is 5.82 Å². The van der Waals surface area contributed by atoms with Crippen molar-refractivity contribution in [3.05, 3.63) is 59.9 Å². The van der Waals surface area contributed by atoms with Crippen molar-refractivity contribution in [1.82, 2.24) is 0 Å². The second-order valence-electron chi connectivity index (χ2n) is 4.25. The Bertz CT molecular complexity index is 599. The van der Waals surface area contributed by atoms with Gasteiger partial charge in [-0.2, -0.15) is 0 Å². The number of hydrogen-bond acceptors (Lipinski definition) is 4. The van der Waals surface area contributed by atoms with Gasteiger partial charge in [0.1, 0.15) is 18.2 Å². The number of carbonyl (C=O) groups is 1. The normalized spacial score (nSPS) is 10.0. The van der Waals surface area contributed by atoms with E-state index in [2.05, 4.69) is 4.74 Å². The molecule has 21 heavy (non-hydrogen) atoms. The first-order valence-corrected chi connectivity index (χ1v) is 6.20. The van der Waals surface area contributed by atoms with Gasteiger partial charge < -0.3 is 9.47 Å². The molecule has 0 atom stereocenters. The zero-order valence-electron chi connectivity index (χ0n) is 11.5. The molecule has 0 aliphatic rings. The van der Waals surface area contributed by atoms with Crippen molar-refractivity contribution >= 4 is 11.8 Å². The minimum Gasteiger partial charge on any atom is -0.489 e. The van der Waals surface area contributed by atoms with Crippen LogP contribution in [0.3, 0.4) is 0 Å². The Morgan fingerprint density at radius 1 is 1.14 bits per heavy atom. The second kappa shape index (κ2) is 6.71. The van der Waals surface area contributed by atoms with Crippen LogP contribution in [0.2, 0.25) is 0 Å². The van der Waals surface area contributed by atoms with Crippen molar-refractivity contribution in [3.8, 4) is 5.75 Å². The summed E-state index contributed by atoms with van der Waals surface area (Å²) < 4.78 is 22.8. The van der Waals surface area contributed by atoms with Gasteiger partial charge >= 0.3 is 6.09 Å². The van der Waals surface area contributed by atoms with Crippen LogP contribution in [-0.2, 0) is 11.3 Å². The lowest BCUT2D eigenvalue weighted by molar-refractivity contribution is 0.178. The zero-order valence-corrected chi connectivity index (χ0v) is 11.5. The van der Waals surface area contributed by atoms with Crippen LogP contribution in [-0.4, -0.2) is 13.2 Å². The number of nitrogens with zero attached hydrogens (tertiary/aromatic N) is 1. The standard InChI is InChI=1S/C15H15FN2O3/c1-20-15(19)18(17)13-6-8-14(9-7-13)21-10-11-2-4-12(16)5-3-11/h2-9H,10,17H2,1H3. The van der Waals surface area contributed by atoms with E-state index in [0.29, 0.717) is 18.0 Å². The molecule has 0 radical (unpaired) electrons. The van der Waals surface area contributed by atoms with Crippen LogP contribution >= 0.6 is 0 Å². The Morgan fingerprint density at radius 3 is 2.33 bits per heavy atom. The lowest BCUT2D eigenvalue weighted by atomic mass is 10.2. The number of hydrazine groups is 1. The molecule has 0 spiro atoms. The monoisotopic (exact) mass is 290 g/mol. The molecule has 0 unspecified atom stereocenters. The van der Waals surface area contributed by atoms with Crippen LogP contribution < -0.4 is 15.6 Å². The van der Waals surface area contributed by atoms with E-state index >= 15 is 0 Å². The first-order chi connectivity index (χ1) is 10.1. The van der Waals surface area contributed by atoms with Crippen LogP contribution in [0.1, 0.15) is 5.56 Å². The van der Waals surface area contributed by atoms with Crippen molar-refractivity contribution in [1.29, 1.82) is 0 Å². The van der Waals surface area contributed by atoms with Gasteiger partial charge in [0.15, 0.2) is 0 Å². The number of ether oxygens (including phenoxy) is 2. The Labute approximate surface area is 121 Å². The SMILES string of the molecule is COC(=O)N(N)c1ccc(OCc2ccc(F)cc2)cc1. The average molecular weight is 290 g/mol. The van der Waals surface area contributed by atoms with Gasteiger partial charge in [-0.1, -0.05) is 12.1 Å². The Morgan fingerprint density at radius 2 is 1.76 bits per heavy atom. The van der Waals surface area contributed by atoms with E-state index in [0.717, 1.165) is 10.6 Å². The van der Waals surface area contributed by atoms with E-state index in [4.69, 9.17) is 10.6 Å². The highest BCUT2D eigenvalue weighted by Crippen LogP contribution is 2.19. The lowest BCUT2D eigenvalue weighted by Gasteiger charge is -2.15. The smallest absolute Gasteiger partial charge is 0.428 e. The number of amides is 1. The molecule has 2 N–H and O–H groups in total. The molecule has 0 aliphatic carbocycles. The molecule has 5 nitrogen and oxygen atoms in total. The van der Waals surface area contributed by atoms with Gasteiger partial charge in [0.2, 0.25) is 0 Å². The number of methoxy groups -OCH3 is 1. The molecule has 0 bridgehead atoms. The Balaban J connectivity index is 1.96. The average Bonchev–Trinajstić information content (AvgIpc) is 2.53. The number of rotatable bonds is 4. The van der Waals surface area contributed by atoms with Crippen molar-refractivity contribution in [2.75, 3.05) is 12.1 Å². The van der Waals surface area contributed by atoms with E-state index < -0.39 is 6.09 Å². The van der Waals surface area contributed by atoms with E-state index in [1.54, 1.807) is 36.4 Å². The van der Waals surface area contributed by atoms with E-state index in [1.165, 1.54) is 19.2 Å². The van der Waals surface area contributed by atoms with Crippen molar-refractivity contribution < 1.29 is 18.7 Å². The van der Waals surface area contributed by atoms with Gasteiger partial charge in [-0.25, -0.2) is 20.0 Å². The molecule has 2 rings (SSSR count). The lowest BCUT2D eigenvalue weighted by Crippen LogP contribution is -2.37. The molecule has 0 saturated heterocycles. The predicted molar refractivity (Wildman–Crippen MR) is 76.2 cm³/mol. The molecule has 0 saturated carbocycles. The summed E-state index contributed by atoms with van der Waals surface area (Å²) in [5.74, 6) is 5.89. The molecule has 0 fully saturated rings. The third-order valence-corrected chi connectivity index (χ3v) is 2.80. The summed E-state index contributed by atoms with van der Waals surface area (Å²) in [7, 11) is 1.25. The van der Waals surface area contributed by atoms with E-state index in [9.17, 15) is 9.18 Å². The minimum atomic E-state index is -0.657. The number of carbonyl (C=O) groups excluding carboxylic acids is 1. The highest BCUT2D eigenvalue weighted by atomic mass is 19.1. The Hall–Kier alpha value is -2.60. The van der Waals surface area contributed by atoms with Crippen molar-refractivity contribution in [2.24, 2.45) is 5.84 Å². The quantitative estimate of drug-likeness (QED) is 0.534. The molecule has 0 aliphatic heterocycles. The summed E-state index contributed by atoms with van der Waals surface area (Å²) in [5, 5.41) is 0.893. The first kappa shape index (κ1) is 14.8. The fraction of sp³-hybridized carbons (Fsp3) is 0.133. The van der Waals surface area contributed by atoms with Gasteiger partial charge in [0.05, 0.1) is 12.8 Å². The van der Waals surface area contributed by atoms with Crippen molar-refractivity contribution in [3.63, 3.8) is 0 Å². The molecule has 110 valence electrons. The maximum atomic E-state index is 12.8. The predicted octanol–water partition coefficient (Wildman–Crippen LogP) is 2.85. The zero-order chi connectivity index (χ0) is 15.2. The summed E-state index contributed by atoms with van der Waals surface area (Å²) in [6.07, 6.45) is -0.657. The summed E-state index contributed by atoms with van der Waals surface area (Å²) in [4.78, 5) is 11.3. The van der Waals surface area contributed by atoms with Gasteiger partial charge in [0, 0.05) is 0 Å². The van der Waals surface area contributed by atoms with Gasteiger partial charge in [0.25, 0.3) is 0 Å². The maximum Gasteiger partial charge on any atom is 0.428 e. The molecule has 2 aromatic carbocycles. The van der Waals surface area contributed by atoms with E-state index in [-0.39, 0.29) is 5.82 Å². The number of benzene rings is 2. The van der Waals surface area contributed by atoms with Crippen LogP contribution in [0.4, 0.5) is 14.9 Å². The van der Waals surface area contributed by atoms with Gasteiger partial charge in [-0.3, -0.25) is 0 Å². The van der Waals surface area contributed by atoms with Gasteiger partial charge in [-0.05, 0) is 42.0 Å². The number of anilines is 1. The first-order valence-electron chi connectivity index (χ1n) is 6.20. The largest absolute Gasteiger partial charge is 0.489 e. The molecular weight excluding hydrogens is 275 g/mol. The highest BCUT2D eigenvalue weighted by molar-refractivity contribution is 5.86. The third-order valence-electron chi connectivity index (χ3n) is 2.80. The third kappa shape index (κ3) is 3.93. The van der Waals surface area contributed by atoms with Gasteiger partial charge in [-0.15, -0.1) is 0 Å². The molecule has 1 amide bonds. The maximum absolute atomic E-state index is 12.8. The fourth-order valence-corrected chi connectivity index (χ4v) is 1.65. The molecular formula is C15H15FN2O3. The molecule has 6 heteroatoms. The number of nitrogens with two attached hydrogens (primary N) is 1. The van der Waals surface area contributed by atoms with Crippen molar-refractivity contribution in [2.45, 2.75) is 6.61 Å². The summed E-state index contributed by atoms with van der Waals surface area (Å²) in [5.41, 5.74) is 1.34. The Kier molecular flexibility index (Phi) is 4.73. The fourth-order valence-electron chi connectivity index (χ4n) is 1.65. The molecule has 2 aromatic rings. The summed E-state index contributed by atoms with van der Waals surface area (Å²) in [6, 6.07) is 12.7. The number of hydrogen-bond donors (Lipinski definition) is 1. The van der Waals surface area contributed by atoms with Crippen LogP contribution in [0.25, 0.3) is 0 Å². The minimum absolute atomic E-state index is 0.283. The molecule has 0 aromatic heterocycles. The van der Waals surface area contributed by atoms with Crippen LogP contribution in [0.5, 0.6) is 5.75 Å². The summed E-state index contributed by atoms with van der Waals surface area (Å²) >= 11 is 0. The highest BCUT2D eigenvalue weighted by Gasteiger charge is 2.11.